The Kier molecular flexibility index (Phi) is 67.6. The first kappa shape index (κ1) is 78.8. The van der Waals surface area contributed by atoms with Crippen LogP contribution in [0.3, 0.4) is 0 Å². The van der Waals surface area contributed by atoms with Gasteiger partial charge in [0.15, 0.2) is 6.10 Å². The van der Waals surface area contributed by atoms with Crippen LogP contribution >= 0.6 is 0 Å². The van der Waals surface area contributed by atoms with Gasteiger partial charge in [0.1, 0.15) is 13.2 Å². The fourth-order valence-electron chi connectivity index (χ4n) is 10.6. The van der Waals surface area contributed by atoms with Crippen LogP contribution in [0.25, 0.3) is 0 Å². The Morgan fingerprint density at radius 3 is 0.817 bits per heavy atom. The number of hydrogen-bond donors (Lipinski definition) is 0. The van der Waals surface area contributed by atoms with Crippen molar-refractivity contribution < 1.29 is 28.6 Å². The number of hydrogen-bond acceptors (Lipinski definition) is 6. The Hall–Kier alpha value is -3.15. The number of carbonyl (C=O) groups is 3. The molecular weight excluding hydrogens is 1010 g/mol. The summed E-state index contributed by atoms with van der Waals surface area (Å²) in [5.41, 5.74) is 0. The molecule has 0 radical (unpaired) electrons. The van der Waals surface area contributed by atoms with Gasteiger partial charge in [0.2, 0.25) is 0 Å². The van der Waals surface area contributed by atoms with Crippen molar-refractivity contribution in [1.29, 1.82) is 0 Å². The van der Waals surface area contributed by atoms with Crippen LogP contribution in [0.4, 0.5) is 0 Å². The Labute approximate surface area is 510 Å². The SMILES string of the molecule is CC/C=C\C/C=C\C/C=C\C/C=C\CCC(=O)OCC(COC(=O)CCCCCCCCCCCCCCCCCCCCCCCCC/C=C\C/C=C\CCCCCCC)OC(=O)CCCCCCCCCCCCCCCCCC. The molecule has 6 heteroatoms. The lowest BCUT2D eigenvalue weighted by atomic mass is 10.0. The van der Waals surface area contributed by atoms with Crippen molar-refractivity contribution in [3.05, 3.63) is 72.9 Å². The smallest absolute Gasteiger partial charge is 0.306 e. The topological polar surface area (TPSA) is 78.9 Å². The molecular formula is C76H136O6. The highest BCUT2D eigenvalue weighted by molar-refractivity contribution is 5.71. The minimum absolute atomic E-state index is 0.0920. The number of rotatable bonds is 66. The first-order valence-electron chi connectivity index (χ1n) is 35.9. The van der Waals surface area contributed by atoms with Crippen LogP contribution < -0.4 is 0 Å². The van der Waals surface area contributed by atoms with Gasteiger partial charge < -0.3 is 14.2 Å². The summed E-state index contributed by atoms with van der Waals surface area (Å²) in [4.78, 5) is 38.3. The average Bonchev–Trinajstić information content (AvgIpc) is 3.47. The van der Waals surface area contributed by atoms with Crippen LogP contribution in [0.15, 0.2) is 72.9 Å². The molecule has 1 atom stereocenters. The third kappa shape index (κ3) is 67.6. The zero-order chi connectivity index (χ0) is 59.2. The van der Waals surface area contributed by atoms with Gasteiger partial charge >= 0.3 is 17.9 Å². The lowest BCUT2D eigenvalue weighted by Crippen LogP contribution is -2.30. The first-order valence-corrected chi connectivity index (χ1v) is 35.9. The average molecular weight is 1150 g/mol. The van der Waals surface area contributed by atoms with Gasteiger partial charge in [-0.15, -0.1) is 0 Å². The van der Waals surface area contributed by atoms with E-state index in [1.807, 2.05) is 6.08 Å². The van der Waals surface area contributed by atoms with E-state index >= 15 is 0 Å². The van der Waals surface area contributed by atoms with Crippen molar-refractivity contribution >= 4 is 17.9 Å². The molecule has 0 aromatic heterocycles. The number of esters is 3. The van der Waals surface area contributed by atoms with E-state index in [9.17, 15) is 14.4 Å². The Morgan fingerprint density at radius 2 is 0.500 bits per heavy atom. The van der Waals surface area contributed by atoms with Crippen molar-refractivity contribution in [3.8, 4) is 0 Å². The van der Waals surface area contributed by atoms with Crippen LogP contribution in [0, 0.1) is 0 Å². The Balaban J connectivity index is 4.10. The summed E-state index contributed by atoms with van der Waals surface area (Å²) < 4.78 is 16.9. The highest BCUT2D eigenvalue weighted by atomic mass is 16.6. The number of ether oxygens (including phenoxy) is 3. The van der Waals surface area contributed by atoms with Gasteiger partial charge in [-0.25, -0.2) is 0 Å². The van der Waals surface area contributed by atoms with Crippen molar-refractivity contribution in [2.45, 2.75) is 380 Å². The molecule has 6 nitrogen and oxygen atoms in total. The van der Waals surface area contributed by atoms with Crippen molar-refractivity contribution in [2.24, 2.45) is 0 Å². The van der Waals surface area contributed by atoms with Gasteiger partial charge in [-0.2, -0.15) is 0 Å². The van der Waals surface area contributed by atoms with Gasteiger partial charge in [-0.3, -0.25) is 14.4 Å². The minimum atomic E-state index is -0.801. The molecule has 0 rings (SSSR count). The second-order valence-electron chi connectivity index (χ2n) is 24.1. The zero-order valence-electron chi connectivity index (χ0n) is 54.8. The van der Waals surface area contributed by atoms with Crippen LogP contribution in [-0.4, -0.2) is 37.2 Å². The van der Waals surface area contributed by atoms with Crippen LogP contribution in [0.1, 0.15) is 374 Å². The summed E-state index contributed by atoms with van der Waals surface area (Å²) in [6, 6.07) is 0. The van der Waals surface area contributed by atoms with Crippen LogP contribution in [0.2, 0.25) is 0 Å². The molecule has 82 heavy (non-hydrogen) atoms. The Bertz CT molecular complexity index is 1500. The lowest BCUT2D eigenvalue weighted by Gasteiger charge is -2.18. The largest absolute Gasteiger partial charge is 0.462 e. The molecule has 476 valence electrons. The predicted octanol–water partition coefficient (Wildman–Crippen LogP) is 24.8. The lowest BCUT2D eigenvalue weighted by molar-refractivity contribution is -0.166. The van der Waals surface area contributed by atoms with E-state index in [4.69, 9.17) is 14.2 Å². The summed E-state index contributed by atoms with van der Waals surface area (Å²) in [5.74, 6) is -0.956. The maximum absolute atomic E-state index is 12.9. The van der Waals surface area contributed by atoms with Crippen molar-refractivity contribution in [1.82, 2.24) is 0 Å². The molecule has 0 saturated heterocycles. The third-order valence-corrected chi connectivity index (χ3v) is 16.0. The molecule has 0 aromatic carbocycles. The summed E-state index contributed by atoms with van der Waals surface area (Å²) in [6.45, 7) is 6.50. The molecule has 0 spiro atoms. The van der Waals surface area contributed by atoms with Gasteiger partial charge in [0.25, 0.3) is 0 Å². The Morgan fingerprint density at radius 1 is 0.256 bits per heavy atom. The quantitative estimate of drug-likeness (QED) is 0.0261. The molecule has 0 heterocycles. The van der Waals surface area contributed by atoms with Crippen LogP contribution in [-0.2, 0) is 28.6 Å². The summed E-state index contributed by atoms with van der Waals surface area (Å²) in [7, 11) is 0. The predicted molar refractivity (Wildman–Crippen MR) is 358 cm³/mol. The molecule has 0 aliphatic rings. The van der Waals surface area contributed by atoms with Gasteiger partial charge in [-0.05, 0) is 77.0 Å². The van der Waals surface area contributed by atoms with E-state index in [0.29, 0.717) is 19.3 Å². The molecule has 0 amide bonds. The highest BCUT2D eigenvalue weighted by Crippen LogP contribution is 2.18. The van der Waals surface area contributed by atoms with E-state index < -0.39 is 6.10 Å². The molecule has 0 bridgehead atoms. The summed E-state index contributed by atoms with van der Waals surface area (Å²) >= 11 is 0. The second-order valence-corrected chi connectivity index (χ2v) is 24.1. The molecule has 1 unspecified atom stereocenters. The van der Waals surface area contributed by atoms with E-state index in [1.165, 1.54) is 257 Å². The third-order valence-electron chi connectivity index (χ3n) is 16.0. The fraction of sp³-hybridized carbons (Fsp3) is 0.803. The number of carbonyl (C=O) groups excluding carboxylic acids is 3. The molecule has 0 aliphatic heterocycles. The highest BCUT2D eigenvalue weighted by Gasteiger charge is 2.19. The number of unbranched alkanes of at least 4 members (excludes halogenated alkanes) is 43. The van der Waals surface area contributed by atoms with E-state index in [1.54, 1.807) is 0 Å². The maximum Gasteiger partial charge on any atom is 0.306 e. The summed E-state index contributed by atoms with van der Waals surface area (Å²) in [5, 5.41) is 0. The fourth-order valence-corrected chi connectivity index (χ4v) is 10.6. The summed E-state index contributed by atoms with van der Waals surface area (Å²) in [6.07, 6.45) is 92.6. The normalized spacial score (nSPS) is 12.5. The molecule has 0 N–H and O–H groups in total. The van der Waals surface area contributed by atoms with Gasteiger partial charge in [-0.1, -0.05) is 351 Å². The van der Waals surface area contributed by atoms with E-state index in [0.717, 1.165) is 70.6 Å². The van der Waals surface area contributed by atoms with Gasteiger partial charge in [0, 0.05) is 19.3 Å². The zero-order valence-corrected chi connectivity index (χ0v) is 54.8. The number of allylic oxidation sites excluding steroid dienone is 12. The first-order chi connectivity index (χ1) is 40.5. The minimum Gasteiger partial charge on any atom is -0.462 e. The van der Waals surface area contributed by atoms with E-state index in [-0.39, 0.29) is 37.5 Å². The molecule has 0 aromatic rings. The second kappa shape index (κ2) is 70.3. The standard InChI is InChI=1S/C76H136O6/c1-4-7-10-13-16-19-22-25-27-29-30-31-32-33-34-35-36-37-38-39-40-41-42-43-44-45-46-47-49-51-54-57-60-63-66-69-75(78)81-72-73(71-80-74(77)68-65-62-59-56-53-50-24-21-18-15-12-9-6-3)82-76(79)70-67-64-61-58-55-52-48-28-26-23-20-17-14-11-8-5-2/h9,12,18,21-22,25,29-30,50,53,59,62,73H,4-8,10-11,13-17,19-20,23-24,26-28,31-49,51-52,54-58,60-61,63-72H2,1-3H3/b12-9-,21-18-,25-22-,30-29-,53-50-,62-59-. The molecule has 0 aliphatic carbocycles. The van der Waals surface area contributed by atoms with Crippen LogP contribution in [0.5, 0.6) is 0 Å². The maximum atomic E-state index is 12.9. The molecule has 0 fully saturated rings. The van der Waals surface area contributed by atoms with Gasteiger partial charge in [0.05, 0.1) is 0 Å². The molecule has 0 saturated carbocycles. The van der Waals surface area contributed by atoms with Crippen molar-refractivity contribution in [3.63, 3.8) is 0 Å². The monoisotopic (exact) mass is 1150 g/mol. The van der Waals surface area contributed by atoms with E-state index in [2.05, 4.69) is 87.6 Å². The van der Waals surface area contributed by atoms with Crippen molar-refractivity contribution in [2.75, 3.05) is 13.2 Å².